The fourth-order valence-electron chi connectivity index (χ4n) is 2.36. The van der Waals surface area contributed by atoms with Crippen molar-refractivity contribution in [3.63, 3.8) is 0 Å². The predicted molar refractivity (Wildman–Crippen MR) is 129 cm³/mol. The summed E-state index contributed by atoms with van der Waals surface area (Å²) < 4.78 is 11.3. The van der Waals surface area contributed by atoms with Gasteiger partial charge in [-0.2, -0.15) is 0 Å². The Morgan fingerprint density at radius 3 is 2.07 bits per heavy atom. The van der Waals surface area contributed by atoms with Crippen LogP contribution in [-0.2, 0) is 18.8 Å². The van der Waals surface area contributed by atoms with Crippen LogP contribution in [0.5, 0.6) is 0 Å². The van der Waals surface area contributed by atoms with E-state index in [1.165, 1.54) is 12.5 Å². The third kappa shape index (κ3) is 9.56. The third-order valence-electron chi connectivity index (χ3n) is 6.01. The van der Waals surface area contributed by atoms with Crippen LogP contribution in [0.4, 0.5) is 0 Å². The molecule has 5 heteroatoms. The van der Waals surface area contributed by atoms with Crippen molar-refractivity contribution in [3.8, 4) is 0 Å². The van der Waals surface area contributed by atoms with Gasteiger partial charge < -0.3 is 9.16 Å². The van der Waals surface area contributed by atoms with Gasteiger partial charge in [-0.05, 0) is 72.0 Å². The van der Waals surface area contributed by atoms with E-state index in [0.29, 0.717) is 13.0 Å². The van der Waals surface area contributed by atoms with Crippen LogP contribution < -0.4 is 0 Å². The zero-order valence-electron chi connectivity index (χ0n) is 21.0. The van der Waals surface area contributed by atoms with E-state index in [1.807, 2.05) is 19.1 Å². The second-order valence-electron chi connectivity index (χ2n) is 9.84. The lowest BCUT2D eigenvalue weighted by Gasteiger charge is -2.36. The largest absolute Gasteiger partial charge is 0.465 e. The average Bonchev–Trinajstić information content (AvgIpc) is 2.63. The Kier molecular flexibility index (Phi) is 11.8. The maximum Gasteiger partial charge on any atom is 0.319 e. The molecular weight excluding hydrogens is 392 g/mol. The summed E-state index contributed by atoms with van der Waals surface area (Å²) in [4.78, 5) is 24.1. The highest BCUT2D eigenvalue weighted by Gasteiger charge is 2.39. The third-order valence-corrected chi connectivity index (χ3v) is 10.5. The lowest BCUT2D eigenvalue weighted by Crippen LogP contribution is -2.41. The summed E-state index contributed by atoms with van der Waals surface area (Å²) in [5.41, 5.74) is 1.19. The number of Topliss-reactive ketones (excluding diaryl/α,β-unsaturated/α-hetero) is 1. The van der Waals surface area contributed by atoms with Crippen molar-refractivity contribution in [1.29, 1.82) is 0 Å². The lowest BCUT2D eigenvalue weighted by molar-refractivity contribution is -0.158. The number of esters is 1. The molecule has 1 unspecified atom stereocenters. The first-order valence-corrected chi connectivity index (χ1v) is 13.9. The summed E-state index contributed by atoms with van der Waals surface area (Å²) in [6.45, 7) is 21.2. The molecule has 0 spiro atoms. The molecule has 0 fully saturated rings. The monoisotopic (exact) mass is 436 g/mol. The van der Waals surface area contributed by atoms with Crippen LogP contribution in [0.2, 0.25) is 18.1 Å². The Bertz CT molecular complexity index is 665. The Morgan fingerprint density at radius 2 is 1.57 bits per heavy atom. The smallest absolute Gasteiger partial charge is 0.319 e. The van der Waals surface area contributed by atoms with Crippen LogP contribution in [0, 0.1) is 5.41 Å². The van der Waals surface area contributed by atoms with E-state index in [1.54, 1.807) is 13.8 Å². The van der Waals surface area contributed by atoms with Gasteiger partial charge in [-0.3, -0.25) is 9.59 Å². The Labute approximate surface area is 185 Å². The van der Waals surface area contributed by atoms with Crippen molar-refractivity contribution in [2.75, 3.05) is 13.2 Å². The van der Waals surface area contributed by atoms with Crippen molar-refractivity contribution in [1.82, 2.24) is 0 Å². The standard InChI is InChI=1S/C25H44O4Si/c1-11-28-23(27)25(8,22(4)26)18-17-20(2)15-13-12-14-16-21(3)19-29-30(9,10)24(5,6)7/h13,15-17H,11-12,14,18-19H2,1-10H3/b15-13+,20-17+,21-16+. The lowest BCUT2D eigenvalue weighted by atomic mass is 9.82. The molecule has 0 amide bonds. The maximum absolute atomic E-state index is 12.1. The Morgan fingerprint density at radius 1 is 0.967 bits per heavy atom. The first-order valence-electron chi connectivity index (χ1n) is 11.0. The van der Waals surface area contributed by atoms with Gasteiger partial charge in [0.1, 0.15) is 11.2 Å². The fourth-order valence-corrected chi connectivity index (χ4v) is 3.38. The Hall–Kier alpha value is -1.46. The van der Waals surface area contributed by atoms with Gasteiger partial charge in [0.2, 0.25) is 0 Å². The maximum atomic E-state index is 12.1. The van der Waals surface area contributed by atoms with E-state index >= 15 is 0 Å². The molecule has 0 rings (SSSR count). The van der Waals surface area contributed by atoms with E-state index in [4.69, 9.17) is 9.16 Å². The molecule has 0 bridgehead atoms. The molecule has 0 aliphatic heterocycles. The number of unbranched alkanes of at least 4 members (excludes halogenated alkanes) is 1. The van der Waals surface area contributed by atoms with Gasteiger partial charge in [-0.25, -0.2) is 0 Å². The van der Waals surface area contributed by atoms with Crippen LogP contribution in [-0.4, -0.2) is 33.3 Å². The second kappa shape index (κ2) is 12.4. The average molecular weight is 437 g/mol. The van der Waals surface area contributed by atoms with Gasteiger partial charge >= 0.3 is 5.97 Å². The molecule has 1 atom stereocenters. The summed E-state index contributed by atoms with van der Waals surface area (Å²) in [7, 11) is -1.70. The zero-order valence-corrected chi connectivity index (χ0v) is 22.0. The van der Waals surface area contributed by atoms with Crippen LogP contribution in [0.15, 0.2) is 35.5 Å². The van der Waals surface area contributed by atoms with Crippen molar-refractivity contribution in [3.05, 3.63) is 35.5 Å². The molecule has 0 heterocycles. The number of ether oxygens (including phenoxy) is 1. The first-order chi connectivity index (χ1) is 13.7. The molecule has 0 aliphatic carbocycles. The summed E-state index contributed by atoms with van der Waals surface area (Å²) in [5, 5.41) is 0.228. The first kappa shape index (κ1) is 28.5. The van der Waals surface area contributed by atoms with Crippen molar-refractivity contribution >= 4 is 20.1 Å². The van der Waals surface area contributed by atoms with E-state index < -0.39 is 19.7 Å². The highest BCUT2D eigenvalue weighted by Crippen LogP contribution is 2.36. The van der Waals surface area contributed by atoms with Gasteiger partial charge in [0.05, 0.1) is 13.2 Å². The van der Waals surface area contributed by atoms with Gasteiger partial charge in [-0.1, -0.05) is 56.2 Å². The van der Waals surface area contributed by atoms with Gasteiger partial charge in [0.15, 0.2) is 8.32 Å². The molecule has 0 aliphatic rings. The molecule has 0 aromatic heterocycles. The molecule has 4 nitrogen and oxygen atoms in total. The van der Waals surface area contributed by atoms with Crippen LogP contribution >= 0.6 is 0 Å². The number of rotatable bonds is 12. The summed E-state index contributed by atoms with van der Waals surface area (Å²) >= 11 is 0. The highest BCUT2D eigenvalue weighted by atomic mass is 28.4. The number of hydrogen-bond donors (Lipinski definition) is 0. The minimum absolute atomic E-state index is 0.172. The van der Waals surface area contributed by atoms with Crippen molar-refractivity contribution in [2.45, 2.75) is 92.8 Å². The SMILES string of the molecule is CCOC(=O)C(C)(C/C=C(C)/C=C/CC/C=C(\C)CO[Si](C)(C)C(C)(C)C)C(C)=O. The highest BCUT2D eigenvalue weighted by molar-refractivity contribution is 6.74. The number of hydrogen-bond acceptors (Lipinski definition) is 4. The minimum Gasteiger partial charge on any atom is -0.465 e. The van der Waals surface area contributed by atoms with Crippen LogP contribution in [0.1, 0.15) is 74.7 Å². The van der Waals surface area contributed by atoms with Crippen molar-refractivity contribution in [2.24, 2.45) is 5.41 Å². The second-order valence-corrected chi connectivity index (χ2v) is 14.6. The predicted octanol–water partition coefficient (Wildman–Crippen LogP) is 6.79. The van der Waals surface area contributed by atoms with E-state index in [0.717, 1.165) is 18.4 Å². The molecule has 172 valence electrons. The topological polar surface area (TPSA) is 52.6 Å². The van der Waals surface area contributed by atoms with Gasteiger partial charge in [0.25, 0.3) is 0 Å². The van der Waals surface area contributed by atoms with Crippen LogP contribution in [0.25, 0.3) is 0 Å². The molecule has 0 saturated heterocycles. The quantitative estimate of drug-likeness (QED) is 0.0844. The molecule has 0 saturated carbocycles. The van der Waals surface area contributed by atoms with Crippen molar-refractivity contribution < 1.29 is 18.8 Å². The zero-order chi connectivity index (χ0) is 23.6. The van der Waals surface area contributed by atoms with E-state index in [2.05, 4.69) is 52.9 Å². The summed E-state index contributed by atoms with van der Waals surface area (Å²) in [6, 6.07) is 0. The fraction of sp³-hybridized carbons (Fsp3) is 0.680. The van der Waals surface area contributed by atoms with Crippen LogP contribution in [0.3, 0.4) is 0 Å². The molecule has 30 heavy (non-hydrogen) atoms. The molecule has 0 N–H and O–H groups in total. The normalized spacial score (nSPS) is 15.9. The molecule has 0 radical (unpaired) electrons. The molecule has 0 aromatic carbocycles. The van der Waals surface area contributed by atoms with E-state index in [-0.39, 0.29) is 17.4 Å². The molecular formula is C25H44O4Si. The van der Waals surface area contributed by atoms with Gasteiger partial charge in [0, 0.05) is 0 Å². The minimum atomic E-state index is -1.70. The number of allylic oxidation sites excluding steroid dienone is 5. The summed E-state index contributed by atoms with van der Waals surface area (Å²) in [6.07, 6.45) is 10.6. The molecule has 0 aromatic rings. The number of carbonyl (C=O) groups is 2. The Balaban J connectivity index is 4.63. The van der Waals surface area contributed by atoms with Gasteiger partial charge in [-0.15, -0.1) is 0 Å². The van der Waals surface area contributed by atoms with E-state index in [9.17, 15) is 9.59 Å². The number of carbonyl (C=O) groups excluding carboxylic acids is 2. The summed E-state index contributed by atoms with van der Waals surface area (Å²) in [5.74, 6) is -0.624. The number of ketones is 1.